The van der Waals surface area contributed by atoms with Gasteiger partial charge >= 0.3 is 5.97 Å². The number of ether oxygens (including phenoxy) is 2. The van der Waals surface area contributed by atoms with Crippen LogP contribution in [0.15, 0.2) is 17.0 Å². The first-order valence-corrected chi connectivity index (χ1v) is 8.03. The number of benzene rings is 1. The van der Waals surface area contributed by atoms with Crippen LogP contribution in [0.3, 0.4) is 0 Å². The standard InChI is InChI=1S/C13H19NO6S/c1-19-10-7-12(21(3,17)18)11(20-2)6-8(10)9(14)4-5-13(15)16/h6-7,9H,4-5,14H2,1-3H3,(H,15,16). The van der Waals surface area contributed by atoms with Crippen LogP contribution in [0.1, 0.15) is 24.4 Å². The fraction of sp³-hybridized carbons (Fsp3) is 0.462. The van der Waals surface area contributed by atoms with Crippen molar-refractivity contribution in [1.82, 2.24) is 0 Å². The van der Waals surface area contributed by atoms with Crippen LogP contribution >= 0.6 is 0 Å². The molecule has 0 radical (unpaired) electrons. The van der Waals surface area contributed by atoms with Gasteiger partial charge < -0.3 is 20.3 Å². The van der Waals surface area contributed by atoms with E-state index < -0.39 is 21.8 Å². The molecule has 0 saturated carbocycles. The third-order valence-electron chi connectivity index (χ3n) is 2.98. The predicted octanol–water partition coefficient (Wildman–Crippen LogP) is 0.972. The van der Waals surface area contributed by atoms with E-state index in [4.69, 9.17) is 20.3 Å². The van der Waals surface area contributed by atoms with Crippen molar-refractivity contribution in [2.24, 2.45) is 5.73 Å². The van der Waals surface area contributed by atoms with Crippen LogP contribution in [0.2, 0.25) is 0 Å². The van der Waals surface area contributed by atoms with Gasteiger partial charge in [-0.05, 0) is 12.5 Å². The van der Waals surface area contributed by atoms with Gasteiger partial charge in [0.15, 0.2) is 9.84 Å². The van der Waals surface area contributed by atoms with E-state index in [-0.39, 0.29) is 29.2 Å². The van der Waals surface area contributed by atoms with E-state index >= 15 is 0 Å². The third kappa shape index (κ3) is 4.33. The van der Waals surface area contributed by atoms with E-state index in [1.165, 1.54) is 26.4 Å². The smallest absolute Gasteiger partial charge is 0.303 e. The summed E-state index contributed by atoms with van der Waals surface area (Å²) in [7, 11) is -0.746. The highest BCUT2D eigenvalue weighted by Gasteiger charge is 2.21. The Balaban J connectivity index is 3.30. The van der Waals surface area contributed by atoms with Crippen LogP contribution < -0.4 is 15.2 Å². The molecule has 0 saturated heterocycles. The Labute approximate surface area is 123 Å². The molecule has 0 heterocycles. The van der Waals surface area contributed by atoms with Gasteiger partial charge in [0, 0.05) is 30.3 Å². The molecule has 0 aromatic heterocycles. The summed E-state index contributed by atoms with van der Waals surface area (Å²) in [5.74, 6) is -0.516. The zero-order chi connectivity index (χ0) is 16.2. The summed E-state index contributed by atoms with van der Waals surface area (Å²) in [5.41, 5.74) is 6.46. The molecule has 1 aromatic carbocycles. The molecule has 7 nitrogen and oxygen atoms in total. The lowest BCUT2D eigenvalue weighted by atomic mass is 10.0. The van der Waals surface area contributed by atoms with Gasteiger partial charge in [0.05, 0.1) is 14.2 Å². The molecule has 21 heavy (non-hydrogen) atoms. The summed E-state index contributed by atoms with van der Waals surface area (Å²) in [5, 5.41) is 8.70. The number of hydrogen-bond acceptors (Lipinski definition) is 6. The van der Waals surface area contributed by atoms with Gasteiger partial charge in [-0.15, -0.1) is 0 Å². The first-order chi connectivity index (χ1) is 9.70. The molecule has 0 aliphatic carbocycles. The van der Waals surface area contributed by atoms with Gasteiger partial charge in [-0.3, -0.25) is 4.79 Å². The Hall–Kier alpha value is -1.80. The number of carbonyl (C=O) groups is 1. The maximum absolute atomic E-state index is 11.7. The van der Waals surface area contributed by atoms with Crippen molar-refractivity contribution in [3.63, 3.8) is 0 Å². The molecular formula is C13H19NO6S. The van der Waals surface area contributed by atoms with Crippen LogP contribution in [-0.4, -0.2) is 40.0 Å². The number of nitrogens with two attached hydrogens (primary N) is 1. The van der Waals surface area contributed by atoms with Crippen molar-refractivity contribution < 1.29 is 27.8 Å². The topological polar surface area (TPSA) is 116 Å². The van der Waals surface area contributed by atoms with Crippen molar-refractivity contribution in [2.45, 2.75) is 23.8 Å². The summed E-state index contributed by atoms with van der Waals surface area (Å²) in [6, 6.07) is 2.21. The van der Waals surface area contributed by atoms with Crippen molar-refractivity contribution in [3.8, 4) is 11.5 Å². The number of hydrogen-bond donors (Lipinski definition) is 2. The predicted molar refractivity (Wildman–Crippen MR) is 76.5 cm³/mol. The molecule has 1 aromatic rings. The van der Waals surface area contributed by atoms with Gasteiger partial charge in [-0.1, -0.05) is 0 Å². The van der Waals surface area contributed by atoms with Crippen LogP contribution in [0, 0.1) is 0 Å². The maximum Gasteiger partial charge on any atom is 0.303 e. The van der Waals surface area contributed by atoms with Gasteiger partial charge in [0.1, 0.15) is 16.4 Å². The zero-order valence-corrected chi connectivity index (χ0v) is 12.9. The lowest BCUT2D eigenvalue weighted by Gasteiger charge is -2.18. The summed E-state index contributed by atoms with van der Waals surface area (Å²) < 4.78 is 33.7. The van der Waals surface area contributed by atoms with Crippen LogP contribution in [0.5, 0.6) is 11.5 Å². The summed E-state index contributed by atoms with van der Waals surface area (Å²) in [6.07, 6.45) is 1.17. The Kier molecular flexibility index (Phi) is 5.56. The quantitative estimate of drug-likeness (QED) is 0.769. The van der Waals surface area contributed by atoms with Crippen LogP contribution in [0.25, 0.3) is 0 Å². The number of rotatable bonds is 7. The second kappa shape index (κ2) is 6.77. The van der Waals surface area contributed by atoms with Gasteiger partial charge in [0.25, 0.3) is 0 Å². The van der Waals surface area contributed by atoms with Crippen LogP contribution in [-0.2, 0) is 14.6 Å². The van der Waals surface area contributed by atoms with E-state index in [9.17, 15) is 13.2 Å². The Morgan fingerprint density at radius 2 is 1.86 bits per heavy atom. The first-order valence-electron chi connectivity index (χ1n) is 6.14. The molecular weight excluding hydrogens is 298 g/mol. The minimum absolute atomic E-state index is 0.00367. The fourth-order valence-electron chi connectivity index (χ4n) is 1.91. The third-order valence-corrected chi connectivity index (χ3v) is 4.10. The van der Waals surface area contributed by atoms with Gasteiger partial charge in [-0.25, -0.2) is 8.42 Å². The molecule has 118 valence electrons. The van der Waals surface area contributed by atoms with Gasteiger partial charge in [0.2, 0.25) is 0 Å². The number of aliphatic carboxylic acids is 1. The molecule has 1 rings (SSSR count). The summed E-state index contributed by atoms with van der Waals surface area (Å²) in [4.78, 5) is 10.6. The Bertz CT molecular complexity index is 626. The highest BCUT2D eigenvalue weighted by Crippen LogP contribution is 2.35. The van der Waals surface area contributed by atoms with Crippen molar-refractivity contribution >= 4 is 15.8 Å². The molecule has 3 N–H and O–H groups in total. The SMILES string of the molecule is COc1cc(S(C)(=O)=O)c(OC)cc1C(N)CCC(=O)O. The monoisotopic (exact) mass is 317 g/mol. The lowest BCUT2D eigenvalue weighted by molar-refractivity contribution is -0.137. The highest BCUT2D eigenvalue weighted by atomic mass is 32.2. The molecule has 0 bridgehead atoms. The number of carboxylic acid groups (broad SMARTS) is 1. The molecule has 1 unspecified atom stereocenters. The van der Waals surface area contributed by atoms with Crippen LogP contribution in [0.4, 0.5) is 0 Å². The van der Waals surface area contributed by atoms with E-state index in [0.29, 0.717) is 5.56 Å². The second-order valence-corrected chi connectivity index (χ2v) is 6.54. The van der Waals surface area contributed by atoms with Crippen molar-refractivity contribution in [1.29, 1.82) is 0 Å². The number of methoxy groups -OCH3 is 2. The molecule has 0 aliphatic rings. The summed E-state index contributed by atoms with van der Waals surface area (Å²) >= 11 is 0. The van der Waals surface area contributed by atoms with Crippen molar-refractivity contribution in [3.05, 3.63) is 17.7 Å². The Morgan fingerprint density at radius 1 is 1.29 bits per heavy atom. The van der Waals surface area contributed by atoms with Gasteiger partial charge in [-0.2, -0.15) is 0 Å². The number of sulfone groups is 1. The molecule has 1 atom stereocenters. The molecule has 0 amide bonds. The largest absolute Gasteiger partial charge is 0.496 e. The number of carboxylic acids is 1. The zero-order valence-electron chi connectivity index (χ0n) is 12.1. The molecule has 0 spiro atoms. The second-order valence-electron chi connectivity index (χ2n) is 4.56. The minimum Gasteiger partial charge on any atom is -0.496 e. The van der Waals surface area contributed by atoms with E-state index in [1.54, 1.807) is 0 Å². The van der Waals surface area contributed by atoms with Crippen molar-refractivity contribution in [2.75, 3.05) is 20.5 Å². The maximum atomic E-state index is 11.7. The average molecular weight is 317 g/mol. The first kappa shape index (κ1) is 17.3. The average Bonchev–Trinajstić information content (AvgIpc) is 2.42. The minimum atomic E-state index is -3.49. The fourth-order valence-corrected chi connectivity index (χ4v) is 2.74. The molecule has 0 aliphatic heterocycles. The summed E-state index contributed by atoms with van der Waals surface area (Å²) in [6.45, 7) is 0. The lowest BCUT2D eigenvalue weighted by Crippen LogP contribution is -2.14. The molecule has 8 heteroatoms. The Morgan fingerprint density at radius 3 is 2.29 bits per heavy atom. The van der Waals surface area contributed by atoms with E-state index in [0.717, 1.165) is 6.26 Å². The normalized spacial score (nSPS) is 12.8. The van der Waals surface area contributed by atoms with E-state index in [2.05, 4.69) is 0 Å². The molecule has 0 fully saturated rings. The highest BCUT2D eigenvalue weighted by molar-refractivity contribution is 7.90. The van der Waals surface area contributed by atoms with E-state index in [1.807, 2.05) is 0 Å².